The molecule has 0 saturated carbocycles. The van der Waals surface area contributed by atoms with Gasteiger partial charge in [-0.05, 0) is 66.4 Å². The molecule has 0 spiro atoms. The summed E-state index contributed by atoms with van der Waals surface area (Å²) in [4.78, 5) is 9.07. The molecule has 0 fully saturated rings. The van der Waals surface area contributed by atoms with Gasteiger partial charge in [0.1, 0.15) is 11.3 Å². The molecule has 0 radical (unpaired) electrons. The zero-order chi connectivity index (χ0) is 22.0. The summed E-state index contributed by atoms with van der Waals surface area (Å²) in [7, 11) is 0. The van der Waals surface area contributed by atoms with Crippen LogP contribution in [0.1, 0.15) is 43.7 Å². The smallest absolute Gasteiger partial charge is 0.227 e. The highest BCUT2D eigenvalue weighted by Gasteiger charge is 2.11. The molecule has 0 aliphatic carbocycles. The number of rotatable bonds is 6. The molecule has 0 saturated heterocycles. The molecular formula is C25H22Cl2N2O2. The van der Waals surface area contributed by atoms with Crippen molar-refractivity contribution in [2.24, 2.45) is 4.99 Å². The number of halogens is 2. The summed E-state index contributed by atoms with van der Waals surface area (Å²) in [6.07, 6.45) is 3.83. The molecule has 6 heteroatoms. The molecule has 3 aromatic carbocycles. The van der Waals surface area contributed by atoms with Gasteiger partial charge in [-0.2, -0.15) is 0 Å². The zero-order valence-corrected chi connectivity index (χ0v) is 18.8. The Bertz CT molecular complexity index is 1250. The van der Waals surface area contributed by atoms with Crippen molar-refractivity contribution < 1.29 is 9.52 Å². The average molecular weight is 453 g/mol. The SMILES string of the molecule is CCC[C@H](C)c1ccc2oc(-c3ccc(N=Cc4cc(Cl)cc(Cl)c4O)cc3)nc2c1. The van der Waals surface area contributed by atoms with E-state index in [0.29, 0.717) is 28.1 Å². The number of nitrogens with zero attached hydrogens (tertiary/aromatic N) is 2. The normalized spacial score (nSPS) is 12.6. The molecule has 1 aromatic heterocycles. The number of phenols is 1. The van der Waals surface area contributed by atoms with Crippen molar-refractivity contribution >= 4 is 46.2 Å². The van der Waals surface area contributed by atoms with Gasteiger partial charge in [0.2, 0.25) is 5.89 Å². The topological polar surface area (TPSA) is 58.6 Å². The molecule has 0 aliphatic rings. The summed E-state index contributed by atoms with van der Waals surface area (Å²) in [5.74, 6) is 1.02. The van der Waals surface area contributed by atoms with E-state index in [2.05, 4.69) is 36.0 Å². The minimum atomic E-state index is -0.0504. The van der Waals surface area contributed by atoms with Crippen LogP contribution in [0, 0.1) is 0 Å². The van der Waals surface area contributed by atoms with Crippen LogP contribution in [0.5, 0.6) is 5.75 Å². The van der Waals surface area contributed by atoms with E-state index in [1.807, 2.05) is 30.3 Å². The van der Waals surface area contributed by atoms with E-state index in [0.717, 1.165) is 29.5 Å². The quantitative estimate of drug-likeness (QED) is 0.300. The Balaban J connectivity index is 1.56. The van der Waals surface area contributed by atoms with Gasteiger partial charge in [-0.25, -0.2) is 4.98 Å². The second-order valence-electron chi connectivity index (χ2n) is 7.57. The van der Waals surface area contributed by atoms with Crippen molar-refractivity contribution in [3.8, 4) is 17.2 Å². The molecule has 0 unspecified atom stereocenters. The second-order valence-corrected chi connectivity index (χ2v) is 8.41. The number of aromatic hydroxyl groups is 1. The number of phenolic OH excluding ortho intramolecular Hbond substituents is 1. The predicted molar refractivity (Wildman–Crippen MR) is 128 cm³/mol. The molecule has 4 rings (SSSR count). The molecule has 0 aliphatic heterocycles. The maximum absolute atomic E-state index is 10.0. The minimum Gasteiger partial charge on any atom is -0.506 e. The summed E-state index contributed by atoms with van der Waals surface area (Å²) in [5, 5.41) is 10.7. The van der Waals surface area contributed by atoms with Crippen LogP contribution in [-0.4, -0.2) is 16.3 Å². The lowest BCUT2D eigenvalue weighted by Crippen LogP contribution is -1.92. The molecular weight excluding hydrogens is 431 g/mol. The number of benzene rings is 3. The van der Waals surface area contributed by atoms with Gasteiger partial charge in [-0.3, -0.25) is 4.99 Å². The van der Waals surface area contributed by atoms with E-state index in [1.165, 1.54) is 17.8 Å². The number of aromatic nitrogens is 1. The number of fused-ring (bicyclic) bond motifs is 1. The molecule has 0 bridgehead atoms. The maximum atomic E-state index is 10.0. The molecule has 0 amide bonds. The van der Waals surface area contributed by atoms with E-state index in [1.54, 1.807) is 6.07 Å². The average Bonchev–Trinajstić information content (AvgIpc) is 3.19. The Morgan fingerprint density at radius 3 is 2.61 bits per heavy atom. The van der Waals surface area contributed by atoms with Crippen molar-refractivity contribution in [1.29, 1.82) is 0 Å². The van der Waals surface area contributed by atoms with Gasteiger partial charge in [-0.15, -0.1) is 0 Å². The lowest BCUT2D eigenvalue weighted by Gasteiger charge is -2.09. The Morgan fingerprint density at radius 1 is 1.10 bits per heavy atom. The minimum absolute atomic E-state index is 0.0504. The van der Waals surface area contributed by atoms with E-state index in [4.69, 9.17) is 27.6 Å². The first-order valence-electron chi connectivity index (χ1n) is 10.2. The zero-order valence-electron chi connectivity index (χ0n) is 17.3. The van der Waals surface area contributed by atoms with E-state index in [-0.39, 0.29) is 10.8 Å². The van der Waals surface area contributed by atoms with Gasteiger partial charge in [0.25, 0.3) is 0 Å². The fourth-order valence-electron chi connectivity index (χ4n) is 3.49. The molecule has 4 aromatic rings. The van der Waals surface area contributed by atoms with Crippen LogP contribution in [0.15, 0.2) is 64.0 Å². The summed E-state index contributed by atoms with van der Waals surface area (Å²) in [5.41, 5.74) is 4.96. The second kappa shape index (κ2) is 9.13. The number of aliphatic imine (C=N–C) groups is 1. The third-order valence-corrected chi connectivity index (χ3v) is 5.73. The summed E-state index contributed by atoms with van der Waals surface area (Å²) in [6.45, 7) is 4.44. The fraction of sp³-hybridized carbons (Fsp3) is 0.200. The lowest BCUT2D eigenvalue weighted by molar-refractivity contribution is 0.475. The monoisotopic (exact) mass is 452 g/mol. The van der Waals surface area contributed by atoms with Crippen molar-refractivity contribution in [3.63, 3.8) is 0 Å². The summed E-state index contributed by atoms with van der Waals surface area (Å²) < 4.78 is 5.95. The van der Waals surface area contributed by atoms with Gasteiger partial charge in [-0.1, -0.05) is 49.5 Å². The van der Waals surface area contributed by atoms with Crippen LogP contribution < -0.4 is 0 Å². The van der Waals surface area contributed by atoms with Gasteiger partial charge in [0, 0.05) is 22.4 Å². The molecule has 1 N–H and O–H groups in total. The van der Waals surface area contributed by atoms with Crippen molar-refractivity contribution in [1.82, 2.24) is 4.98 Å². The largest absolute Gasteiger partial charge is 0.506 e. The van der Waals surface area contributed by atoms with Crippen molar-refractivity contribution in [2.75, 3.05) is 0 Å². The predicted octanol–water partition coefficient (Wildman–Crippen LogP) is 8.16. The lowest BCUT2D eigenvalue weighted by atomic mass is 9.96. The van der Waals surface area contributed by atoms with Crippen LogP contribution in [0.25, 0.3) is 22.6 Å². The third-order valence-electron chi connectivity index (χ3n) is 5.23. The Hall–Kier alpha value is -2.82. The summed E-state index contributed by atoms with van der Waals surface area (Å²) >= 11 is 11.9. The molecule has 158 valence electrons. The first kappa shape index (κ1) is 21.4. The van der Waals surface area contributed by atoms with E-state index in [9.17, 15) is 5.11 Å². The van der Waals surface area contributed by atoms with Crippen LogP contribution in [0.2, 0.25) is 10.0 Å². The molecule has 4 nitrogen and oxygen atoms in total. The van der Waals surface area contributed by atoms with Crippen LogP contribution in [-0.2, 0) is 0 Å². The van der Waals surface area contributed by atoms with E-state index >= 15 is 0 Å². The van der Waals surface area contributed by atoms with E-state index < -0.39 is 0 Å². The van der Waals surface area contributed by atoms with Gasteiger partial charge < -0.3 is 9.52 Å². The fourth-order valence-corrected chi connectivity index (χ4v) is 4.00. The Labute approximate surface area is 191 Å². The van der Waals surface area contributed by atoms with Crippen molar-refractivity contribution in [3.05, 3.63) is 75.8 Å². The first-order valence-corrected chi connectivity index (χ1v) is 10.9. The van der Waals surface area contributed by atoms with Crippen LogP contribution >= 0.6 is 23.2 Å². The highest BCUT2D eigenvalue weighted by Crippen LogP contribution is 2.31. The number of hydrogen-bond donors (Lipinski definition) is 1. The van der Waals surface area contributed by atoms with Gasteiger partial charge >= 0.3 is 0 Å². The molecule has 1 heterocycles. The number of hydrogen-bond acceptors (Lipinski definition) is 4. The van der Waals surface area contributed by atoms with Crippen LogP contribution in [0.4, 0.5) is 5.69 Å². The molecule has 1 atom stereocenters. The summed E-state index contributed by atoms with van der Waals surface area (Å²) in [6, 6.07) is 16.8. The maximum Gasteiger partial charge on any atom is 0.227 e. The highest BCUT2D eigenvalue weighted by molar-refractivity contribution is 6.36. The Kier molecular flexibility index (Phi) is 6.30. The Morgan fingerprint density at radius 2 is 1.87 bits per heavy atom. The van der Waals surface area contributed by atoms with Gasteiger partial charge in [0.15, 0.2) is 5.58 Å². The highest BCUT2D eigenvalue weighted by atomic mass is 35.5. The number of oxazole rings is 1. The van der Waals surface area contributed by atoms with Gasteiger partial charge in [0.05, 0.1) is 10.7 Å². The van der Waals surface area contributed by atoms with Crippen LogP contribution in [0.3, 0.4) is 0 Å². The standard InChI is InChI=1S/C25H22Cl2N2O2/c1-3-4-15(2)17-7-10-23-22(12-17)29-25(31-23)16-5-8-20(9-6-16)28-14-18-11-19(26)13-21(27)24(18)30/h5-15,30H,3-4H2,1-2H3/t15-/m0/s1. The first-order chi connectivity index (χ1) is 14.9. The third kappa shape index (κ3) is 4.76. The van der Waals surface area contributed by atoms with Crippen molar-refractivity contribution in [2.45, 2.75) is 32.6 Å². The molecule has 31 heavy (non-hydrogen) atoms.